The molecule has 5 heteroatoms. The first-order chi connectivity index (χ1) is 10.5. The molecule has 0 saturated carbocycles. The van der Waals surface area contributed by atoms with Crippen LogP contribution in [0.1, 0.15) is 55.4 Å². The first-order valence-electron chi connectivity index (χ1n) is 7.49. The number of halogens is 1. The van der Waals surface area contributed by atoms with E-state index in [0.29, 0.717) is 5.56 Å². The molecule has 1 aromatic heterocycles. The summed E-state index contributed by atoms with van der Waals surface area (Å²) in [4.78, 5) is 16.6. The second-order valence-electron chi connectivity index (χ2n) is 5.44. The van der Waals surface area contributed by atoms with Crippen LogP contribution in [0.5, 0.6) is 0 Å². The third-order valence-corrected chi connectivity index (χ3v) is 4.63. The second-order valence-corrected chi connectivity index (χ2v) is 6.38. The average Bonchev–Trinajstić information content (AvgIpc) is 2.96. The SMILES string of the molecule is CCc1nc(C(C)NC(=O)CC(C)c2ccccc2F)cs1. The fourth-order valence-electron chi connectivity index (χ4n) is 2.32. The van der Waals surface area contributed by atoms with Gasteiger partial charge in [-0.05, 0) is 30.9 Å². The zero-order chi connectivity index (χ0) is 16.1. The minimum atomic E-state index is -0.261. The summed E-state index contributed by atoms with van der Waals surface area (Å²) in [6.07, 6.45) is 1.16. The number of aryl methyl sites for hydroxylation is 1. The third-order valence-electron chi connectivity index (χ3n) is 3.62. The van der Waals surface area contributed by atoms with Crippen molar-refractivity contribution < 1.29 is 9.18 Å². The zero-order valence-corrected chi connectivity index (χ0v) is 13.9. The van der Waals surface area contributed by atoms with Crippen LogP contribution in [0.25, 0.3) is 0 Å². The molecule has 0 spiro atoms. The first kappa shape index (κ1) is 16.6. The minimum absolute atomic E-state index is 0.0886. The van der Waals surface area contributed by atoms with Gasteiger partial charge in [-0.15, -0.1) is 11.3 Å². The second kappa shape index (κ2) is 7.49. The summed E-state index contributed by atoms with van der Waals surface area (Å²) in [5.74, 6) is -0.507. The predicted octanol–water partition coefficient (Wildman–Crippen LogP) is 4.22. The van der Waals surface area contributed by atoms with Crippen molar-refractivity contribution in [2.45, 2.75) is 45.6 Å². The molecule has 1 N–H and O–H groups in total. The smallest absolute Gasteiger partial charge is 0.221 e. The number of hydrogen-bond donors (Lipinski definition) is 1. The van der Waals surface area contributed by atoms with Gasteiger partial charge in [-0.1, -0.05) is 32.0 Å². The zero-order valence-electron chi connectivity index (χ0n) is 13.1. The molecule has 22 heavy (non-hydrogen) atoms. The van der Waals surface area contributed by atoms with Gasteiger partial charge in [-0.3, -0.25) is 4.79 Å². The molecule has 0 aliphatic rings. The van der Waals surface area contributed by atoms with Gasteiger partial charge in [-0.2, -0.15) is 0 Å². The molecule has 0 aliphatic heterocycles. The Morgan fingerprint density at radius 1 is 1.36 bits per heavy atom. The number of thiazole rings is 1. The average molecular weight is 320 g/mol. The number of benzene rings is 1. The highest BCUT2D eigenvalue weighted by Crippen LogP contribution is 2.23. The molecule has 0 fully saturated rings. The number of nitrogens with one attached hydrogen (secondary N) is 1. The molecule has 118 valence electrons. The van der Waals surface area contributed by atoms with Gasteiger partial charge in [-0.25, -0.2) is 9.37 Å². The fourth-order valence-corrected chi connectivity index (χ4v) is 3.16. The van der Waals surface area contributed by atoms with E-state index in [0.717, 1.165) is 17.1 Å². The molecule has 2 atom stereocenters. The largest absolute Gasteiger partial charge is 0.348 e. The summed E-state index contributed by atoms with van der Waals surface area (Å²) in [5.41, 5.74) is 1.46. The van der Waals surface area contributed by atoms with Gasteiger partial charge in [0.2, 0.25) is 5.91 Å². The number of carbonyl (C=O) groups excluding carboxylic acids is 1. The van der Waals surface area contributed by atoms with E-state index in [-0.39, 0.29) is 30.1 Å². The van der Waals surface area contributed by atoms with E-state index < -0.39 is 0 Å². The van der Waals surface area contributed by atoms with Crippen LogP contribution in [0.2, 0.25) is 0 Å². The monoisotopic (exact) mass is 320 g/mol. The van der Waals surface area contributed by atoms with Gasteiger partial charge in [0.25, 0.3) is 0 Å². The highest BCUT2D eigenvalue weighted by molar-refractivity contribution is 7.09. The predicted molar refractivity (Wildman–Crippen MR) is 87.5 cm³/mol. The van der Waals surface area contributed by atoms with E-state index in [1.165, 1.54) is 6.07 Å². The van der Waals surface area contributed by atoms with Crippen molar-refractivity contribution in [1.29, 1.82) is 0 Å². The normalized spacial score (nSPS) is 13.6. The molecule has 1 heterocycles. The number of hydrogen-bond acceptors (Lipinski definition) is 3. The Morgan fingerprint density at radius 3 is 2.73 bits per heavy atom. The lowest BCUT2D eigenvalue weighted by molar-refractivity contribution is -0.122. The number of nitrogens with zero attached hydrogens (tertiary/aromatic N) is 1. The Hall–Kier alpha value is -1.75. The lowest BCUT2D eigenvalue weighted by Crippen LogP contribution is -2.28. The maximum atomic E-state index is 13.7. The Kier molecular flexibility index (Phi) is 5.66. The number of aromatic nitrogens is 1. The van der Waals surface area contributed by atoms with Crippen molar-refractivity contribution in [1.82, 2.24) is 10.3 Å². The topological polar surface area (TPSA) is 42.0 Å². The molecule has 2 rings (SSSR count). The van der Waals surface area contributed by atoms with E-state index in [2.05, 4.69) is 17.2 Å². The van der Waals surface area contributed by atoms with Crippen LogP contribution in [0.15, 0.2) is 29.6 Å². The minimum Gasteiger partial charge on any atom is -0.348 e. The summed E-state index contributed by atoms with van der Waals surface area (Å²) in [7, 11) is 0. The van der Waals surface area contributed by atoms with Crippen molar-refractivity contribution in [2.24, 2.45) is 0 Å². The highest BCUT2D eigenvalue weighted by Gasteiger charge is 2.17. The standard InChI is InChI=1S/C17H21FN2OS/c1-4-17-20-15(10-22-17)12(3)19-16(21)9-11(2)13-7-5-6-8-14(13)18/h5-8,10-12H,4,9H2,1-3H3,(H,19,21). The van der Waals surface area contributed by atoms with Crippen LogP contribution in [-0.4, -0.2) is 10.9 Å². The van der Waals surface area contributed by atoms with Crippen molar-refractivity contribution in [2.75, 3.05) is 0 Å². The number of carbonyl (C=O) groups is 1. The summed E-state index contributed by atoms with van der Waals surface area (Å²) in [6.45, 7) is 5.84. The molecule has 1 aromatic carbocycles. The Bertz CT molecular complexity index is 641. The molecule has 0 radical (unpaired) electrons. The van der Waals surface area contributed by atoms with Crippen LogP contribution in [-0.2, 0) is 11.2 Å². The molecule has 0 aliphatic carbocycles. The van der Waals surface area contributed by atoms with Gasteiger partial charge in [0, 0.05) is 11.8 Å². The van der Waals surface area contributed by atoms with Crippen molar-refractivity contribution in [3.05, 3.63) is 51.7 Å². The summed E-state index contributed by atoms with van der Waals surface area (Å²) >= 11 is 1.61. The quantitative estimate of drug-likeness (QED) is 0.866. The summed E-state index contributed by atoms with van der Waals surface area (Å²) < 4.78 is 13.7. The van der Waals surface area contributed by atoms with Gasteiger partial charge in [0.1, 0.15) is 5.82 Å². The van der Waals surface area contributed by atoms with E-state index in [9.17, 15) is 9.18 Å². The molecular weight excluding hydrogens is 299 g/mol. The molecule has 0 bridgehead atoms. The van der Waals surface area contributed by atoms with Crippen molar-refractivity contribution >= 4 is 17.2 Å². The van der Waals surface area contributed by atoms with E-state index >= 15 is 0 Å². The van der Waals surface area contributed by atoms with Crippen molar-refractivity contribution in [3.8, 4) is 0 Å². The van der Waals surface area contributed by atoms with Gasteiger partial charge in [0.05, 0.1) is 16.7 Å². The van der Waals surface area contributed by atoms with Gasteiger partial charge < -0.3 is 5.32 Å². The Morgan fingerprint density at radius 2 is 2.09 bits per heavy atom. The highest BCUT2D eigenvalue weighted by atomic mass is 32.1. The Labute approximate surface area is 134 Å². The van der Waals surface area contributed by atoms with E-state index in [1.54, 1.807) is 29.5 Å². The van der Waals surface area contributed by atoms with Crippen molar-refractivity contribution in [3.63, 3.8) is 0 Å². The lowest BCUT2D eigenvalue weighted by atomic mass is 9.97. The number of amides is 1. The van der Waals surface area contributed by atoms with E-state index in [4.69, 9.17) is 0 Å². The van der Waals surface area contributed by atoms with Crippen LogP contribution >= 0.6 is 11.3 Å². The third kappa shape index (κ3) is 4.13. The van der Waals surface area contributed by atoms with E-state index in [1.807, 2.05) is 19.2 Å². The van der Waals surface area contributed by atoms with Gasteiger partial charge in [0.15, 0.2) is 0 Å². The number of rotatable bonds is 6. The Balaban J connectivity index is 1.93. The lowest BCUT2D eigenvalue weighted by Gasteiger charge is -2.15. The fraction of sp³-hybridized carbons (Fsp3) is 0.412. The summed E-state index contributed by atoms with van der Waals surface area (Å²) in [6, 6.07) is 6.47. The first-order valence-corrected chi connectivity index (χ1v) is 8.37. The molecule has 1 amide bonds. The molecule has 3 nitrogen and oxygen atoms in total. The molecule has 2 unspecified atom stereocenters. The van der Waals surface area contributed by atoms with Crippen LogP contribution in [0.4, 0.5) is 4.39 Å². The molecule has 2 aromatic rings. The van der Waals surface area contributed by atoms with Crippen LogP contribution in [0.3, 0.4) is 0 Å². The summed E-state index contributed by atoms with van der Waals surface area (Å²) in [5, 5.41) is 5.98. The maximum Gasteiger partial charge on any atom is 0.221 e. The maximum absolute atomic E-state index is 13.7. The molecular formula is C17H21FN2OS. The van der Waals surface area contributed by atoms with Crippen LogP contribution < -0.4 is 5.32 Å². The van der Waals surface area contributed by atoms with Gasteiger partial charge >= 0.3 is 0 Å². The molecule has 0 saturated heterocycles. The van der Waals surface area contributed by atoms with Crippen LogP contribution in [0, 0.1) is 5.82 Å².